The van der Waals surface area contributed by atoms with E-state index in [1.54, 1.807) is 6.92 Å². The average Bonchev–Trinajstić information content (AvgIpc) is 2.99. The fourth-order valence-corrected chi connectivity index (χ4v) is 2.90. The van der Waals surface area contributed by atoms with Crippen LogP contribution in [0.2, 0.25) is 0 Å². The number of anilines is 2. The molecule has 1 aliphatic rings. The Labute approximate surface area is 152 Å². The van der Waals surface area contributed by atoms with E-state index >= 15 is 0 Å². The highest BCUT2D eigenvalue weighted by Crippen LogP contribution is 2.33. The van der Waals surface area contributed by atoms with Gasteiger partial charge in [-0.1, -0.05) is 12.1 Å². The smallest absolute Gasteiger partial charge is 0.326 e. The van der Waals surface area contributed by atoms with Gasteiger partial charge in [0.25, 0.3) is 0 Å². The normalized spacial score (nSPS) is 17.3. The summed E-state index contributed by atoms with van der Waals surface area (Å²) in [4.78, 5) is 25.7. The lowest BCUT2D eigenvalue weighted by Gasteiger charge is -2.18. The molecular weight excluding hydrogens is 364 g/mol. The van der Waals surface area contributed by atoms with Crippen LogP contribution in [0.15, 0.2) is 42.5 Å². The first-order valence-electron chi connectivity index (χ1n) is 8.20. The predicted octanol–water partition coefficient (Wildman–Crippen LogP) is 4.14. The number of nitrogens with one attached hydrogen (secondary N) is 1. The number of amides is 2. The fourth-order valence-electron chi connectivity index (χ4n) is 2.90. The molecule has 4 nitrogen and oxygen atoms in total. The van der Waals surface area contributed by atoms with Crippen molar-refractivity contribution in [3.63, 3.8) is 0 Å². The van der Waals surface area contributed by atoms with E-state index in [1.165, 1.54) is 30.3 Å². The Morgan fingerprint density at radius 1 is 1.19 bits per heavy atom. The van der Waals surface area contributed by atoms with Crippen LogP contribution >= 0.6 is 0 Å². The molecule has 0 spiro atoms. The van der Waals surface area contributed by atoms with Gasteiger partial charge in [-0.25, -0.2) is 4.39 Å². The van der Waals surface area contributed by atoms with Gasteiger partial charge in [0, 0.05) is 24.3 Å². The number of benzene rings is 2. The molecule has 0 bridgehead atoms. The second-order valence-corrected chi connectivity index (χ2v) is 6.41. The summed E-state index contributed by atoms with van der Waals surface area (Å²) in [5.41, 5.74) is -0.0878. The van der Waals surface area contributed by atoms with Crippen LogP contribution in [-0.4, -0.2) is 18.4 Å². The number of alkyl halides is 3. The van der Waals surface area contributed by atoms with Crippen molar-refractivity contribution >= 4 is 23.2 Å². The average molecular weight is 380 g/mol. The minimum Gasteiger partial charge on any atom is -0.326 e. The van der Waals surface area contributed by atoms with Crippen LogP contribution in [-0.2, 0) is 15.8 Å². The van der Waals surface area contributed by atoms with Crippen molar-refractivity contribution in [2.45, 2.75) is 19.5 Å². The summed E-state index contributed by atoms with van der Waals surface area (Å²) in [6.45, 7) is 1.55. The van der Waals surface area contributed by atoms with Gasteiger partial charge in [-0.15, -0.1) is 0 Å². The summed E-state index contributed by atoms with van der Waals surface area (Å²) in [5.74, 6) is -2.14. The number of aryl methyl sites for hydroxylation is 1. The topological polar surface area (TPSA) is 49.4 Å². The first kappa shape index (κ1) is 18.9. The van der Waals surface area contributed by atoms with Gasteiger partial charge >= 0.3 is 6.18 Å². The summed E-state index contributed by atoms with van der Waals surface area (Å²) >= 11 is 0. The van der Waals surface area contributed by atoms with Crippen molar-refractivity contribution in [2.75, 3.05) is 16.8 Å². The molecule has 8 heteroatoms. The van der Waals surface area contributed by atoms with Crippen molar-refractivity contribution < 1.29 is 27.2 Å². The molecular formula is C19H16F4N2O2. The predicted molar refractivity (Wildman–Crippen MR) is 91.7 cm³/mol. The van der Waals surface area contributed by atoms with E-state index in [4.69, 9.17) is 0 Å². The molecule has 3 rings (SSSR count). The summed E-state index contributed by atoms with van der Waals surface area (Å²) in [6, 6.07) is 8.64. The number of carbonyl (C=O) groups excluding carboxylic acids is 2. The Hall–Kier alpha value is -2.90. The maximum absolute atomic E-state index is 13.6. The maximum Gasteiger partial charge on any atom is 0.416 e. The number of rotatable bonds is 3. The Morgan fingerprint density at radius 3 is 2.59 bits per heavy atom. The molecule has 1 atom stereocenters. The molecule has 1 aliphatic heterocycles. The lowest BCUT2D eigenvalue weighted by Crippen LogP contribution is -2.28. The highest BCUT2D eigenvalue weighted by Gasteiger charge is 2.37. The number of hydrogen-bond acceptors (Lipinski definition) is 2. The van der Waals surface area contributed by atoms with E-state index in [2.05, 4.69) is 5.32 Å². The van der Waals surface area contributed by atoms with Gasteiger partial charge < -0.3 is 10.2 Å². The molecule has 1 fully saturated rings. The van der Waals surface area contributed by atoms with Crippen molar-refractivity contribution in [3.05, 3.63) is 59.4 Å². The van der Waals surface area contributed by atoms with Crippen molar-refractivity contribution in [1.29, 1.82) is 0 Å². The van der Waals surface area contributed by atoms with Crippen LogP contribution in [0.3, 0.4) is 0 Å². The standard InChI is InChI=1S/C19H16F4N2O2/c1-11-5-6-14(9-16(11)20)24-18(27)12-7-17(26)25(10-12)15-4-2-3-13(8-15)19(21,22)23/h2-6,8-9,12H,7,10H2,1H3,(H,24,27)/t12-/m0/s1. The molecule has 2 aromatic rings. The van der Waals surface area contributed by atoms with E-state index in [9.17, 15) is 27.2 Å². The second-order valence-electron chi connectivity index (χ2n) is 6.41. The SMILES string of the molecule is Cc1ccc(NC(=O)[C@H]2CC(=O)N(c3cccc(C(F)(F)F)c3)C2)cc1F. The zero-order chi connectivity index (χ0) is 19.8. The quantitative estimate of drug-likeness (QED) is 0.814. The number of halogens is 4. The second kappa shape index (κ2) is 7.02. The van der Waals surface area contributed by atoms with Crippen molar-refractivity contribution in [2.24, 2.45) is 5.92 Å². The lowest BCUT2D eigenvalue weighted by atomic mass is 10.1. The Kier molecular flexibility index (Phi) is 4.91. The molecule has 1 saturated heterocycles. The number of nitrogens with zero attached hydrogens (tertiary/aromatic N) is 1. The Bertz CT molecular complexity index is 896. The molecule has 0 radical (unpaired) electrons. The first-order chi connectivity index (χ1) is 12.6. The van der Waals surface area contributed by atoms with E-state index in [1.807, 2.05) is 0 Å². The molecule has 0 aliphatic carbocycles. The van der Waals surface area contributed by atoms with Gasteiger partial charge in [-0.05, 0) is 42.8 Å². The van der Waals surface area contributed by atoms with Crippen LogP contribution < -0.4 is 10.2 Å². The minimum atomic E-state index is -4.52. The minimum absolute atomic E-state index is 0.0413. The molecule has 0 aromatic heterocycles. The molecule has 2 aromatic carbocycles. The highest BCUT2D eigenvalue weighted by atomic mass is 19.4. The molecule has 0 unspecified atom stereocenters. The van der Waals surface area contributed by atoms with Crippen molar-refractivity contribution in [3.8, 4) is 0 Å². The van der Waals surface area contributed by atoms with E-state index in [0.29, 0.717) is 5.56 Å². The lowest BCUT2D eigenvalue weighted by molar-refractivity contribution is -0.137. The van der Waals surface area contributed by atoms with Crippen LogP contribution in [0.1, 0.15) is 17.5 Å². The molecule has 27 heavy (non-hydrogen) atoms. The first-order valence-corrected chi connectivity index (χ1v) is 8.20. The van der Waals surface area contributed by atoms with E-state index in [-0.39, 0.29) is 24.3 Å². The van der Waals surface area contributed by atoms with Gasteiger partial charge in [0.15, 0.2) is 0 Å². The zero-order valence-electron chi connectivity index (χ0n) is 14.3. The van der Waals surface area contributed by atoms with Crippen LogP contribution in [0.25, 0.3) is 0 Å². The third kappa shape index (κ3) is 4.10. The highest BCUT2D eigenvalue weighted by molar-refractivity contribution is 6.03. The van der Waals surface area contributed by atoms with E-state index < -0.39 is 35.3 Å². The molecule has 1 N–H and O–H groups in total. The molecule has 2 amide bonds. The van der Waals surface area contributed by atoms with Crippen molar-refractivity contribution in [1.82, 2.24) is 0 Å². The van der Waals surface area contributed by atoms with Crippen LogP contribution in [0, 0.1) is 18.7 Å². The summed E-state index contributed by atoms with van der Waals surface area (Å²) in [5, 5.41) is 2.54. The zero-order valence-corrected chi connectivity index (χ0v) is 14.3. The molecule has 0 saturated carbocycles. The molecule has 1 heterocycles. The van der Waals surface area contributed by atoms with Gasteiger partial charge in [0.1, 0.15) is 5.82 Å². The maximum atomic E-state index is 13.6. The third-order valence-electron chi connectivity index (χ3n) is 4.42. The Morgan fingerprint density at radius 2 is 1.93 bits per heavy atom. The van der Waals surface area contributed by atoms with E-state index in [0.717, 1.165) is 17.0 Å². The molecule has 142 valence electrons. The monoisotopic (exact) mass is 380 g/mol. The summed E-state index contributed by atoms with van der Waals surface area (Å²) < 4.78 is 52.2. The van der Waals surface area contributed by atoms with Crippen LogP contribution in [0.4, 0.5) is 28.9 Å². The summed E-state index contributed by atoms with van der Waals surface area (Å²) in [6.07, 6.45) is -4.65. The van der Waals surface area contributed by atoms with Crippen LogP contribution in [0.5, 0.6) is 0 Å². The number of hydrogen-bond donors (Lipinski definition) is 1. The third-order valence-corrected chi connectivity index (χ3v) is 4.42. The van der Waals surface area contributed by atoms with Gasteiger partial charge in [-0.2, -0.15) is 13.2 Å². The fraction of sp³-hybridized carbons (Fsp3) is 0.263. The number of carbonyl (C=O) groups is 2. The Balaban J connectivity index is 1.73. The van der Waals surface area contributed by atoms with Gasteiger partial charge in [0.2, 0.25) is 11.8 Å². The van der Waals surface area contributed by atoms with Gasteiger partial charge in [-0.3, -0.25) is 9.59 Å². The van der Waals surface area contributed by atoms with Gasteiger partial charge in [0.05, 0.1) is 11.5 Å². The summed E-state index contributed by atoms with van der Waals surface area (Å²) in [7, 11) is 0. The largest absolute Gasteiger partial charge is 0.416 e.